The highest BCUT2D eigenvalue weighted by Gasteiger charge is 2.26. The Morgan fingerprint density at radius 1 is 1.10 bits per heavy atom. The Labute approximate surface area is 125 Å². The van der Waals surface area contributed by atoms with Crippen LogP contribution >= 0.6 is 11.6 Å². The van der Waals surface area contributed by atoms with Gasteiger partial charge < -0.3 is 5.11 Å². The van der Waals surface area contributed by atoms with Crippen LogP contribution in [0.2, 0.25) is 5.02 Å². The molecule has 0 fully saturated rings. The Kier molecular flexibility index (Phi) is 4.09. The molecular formula is C18H19ClO. The lowest BCUT2D eigenvalue weighted by molar-refractivity contribution is 0.134. The van der Waals surface area contributed by atoms with E-state index in [1.165, 1.54) is 17.5 Å². The summed E-state index contributed by atoms with van der Waals surface area (Å²) in [7, 11) is 0. The Hall–Kier alpha value is -1.31. The van der Waals surface area contributed by atoms with Crippen LogP contribution in [0.15, 0.2) is 48.5 Å². The lowest BCUT2D eigenvalue weighted by Crippen LogP contribution is -2.24. The summed E-state index contributed by atoms with van der Waals surface area (Å²) in [4.78, 5) is 0. The van der Waals surface area contributed by atoms with E-state index in [1.54, 1.807) is 0 Å². The second kappa shape index (κ2) is 5.99. The quantitative estimate of drug-likeness (QED) is 0.889. The number of hydrogen-bond acceptors (Lipinski definition) is 1. The van der Waals surface area contributed by atoms with Crippen molar-refractivity contribution in [1.82, 2.24) is 0 Å². The lowest BCUT2D eigenvalue weighted by atomic mass is 9.78. The minimum Gasteiger partial charge on any atom is -0.392 e. The minimum atomic E-state index is -0.322. The molecule has 0 bridgehead atoms. The predicted octanol–water partition coefficient (Wildman–Crippen LogP) is 4.36. The molecule has 0 amide bonds. The molecule has 2 aromatic rings. The zero-order chi connectivity index (χ0) is 13.9. The molecule has 0 heterocycles. The van der Waals surface area contributed by atoms with Gasteiger partial charge in [0.1, 0.15) is 0 Å². The molecule has 0 radical (unpaired) electrons. The number of rotatable bonds is 3. The van der Waals surface area contributed by atoms with Crippen molar-refractivity contribution in [3.05, 3.63) is 70.2 Å². The summed E-state index contributed by atoms with van der Waals surface area (Å²) in [6.07, 6.45) is 3.75. The highest BCUT2D eigenvalue weighted by Crippen LogP contribution is 2.34. The van der Waals surface area contributed by atoms with Gasteiger partial charge in [0.15, 0.2) is 0 Å². The fourth-order valence-electron chi connectivity index (χ4n) is 3.20. The maximum Gasteiger partial charge on any atom is 0.0649 e. The Morgan fingerprint density at radius 3 is 2.65 bits per heavy atom. The Bertz CT molecular complexity index is 576. The van der Waals surface area contributed by atoms with Crippen LogP contribution in [0.3, 0.4) is 0 Å². The van der Waals surface area contributed by atoms with E-state index in [4.69, 9.17) is 11.6 Å². The van der Waals surface area contributed by atoms with Crippen LogP contribution in [0.4, 0.5) is 0 Å². The summed E-state index contributed by atoms with van der Waals surface area (Å²) in [5.41, 5.74) is 3.88. The van der Waals surface area contributed by atoms with Gasteiger partial charge >= 0.3 is 0 Å². The largest absolute Gasteiger partial charge is 0.392 e. The predicted molar refractivity (Wildman–Crippen MR) is 83.3 cm³/mol. The van der Waals surface area contributed by atoms with Crippen molar-refractivity contribution in [2.24, 2.45) is 0 Å². The van der Waals surface area contributed by atoms with Crippen LogP contribution in [0.1, 0.15) is 35.4 Å². The molecule has 20 heavy (non-hydrogen) atoms. The molecule has 0 saturated carbocycles. The molecule has 2 heteroatoms. The van der Waals surface area contributed by atoms with Crippen molar-refractivity contribution in [3.63, 3.8) is 0 Å². The number of aliphatic hydroxyl groups excluding tert-OH is 1. The molecule has 1 aliphatic carbocycles. The first-order chi connectivity index (χ1) is 9.74. The summed E-state index contributed by atoms with van der Waals surface area (Å²) < 4.78 is 0. The second-order valence-corrected chi connectivity index (χ2v) is 6.03. The normalized spacial score (nSPS) is 19.4. The maximum absolute atomic E-state index is 10.6. The van der Waals surface area contributed by atoms with Crippen molar-refractivity contribution in [1.29, 1.82) is 0 Å². The van der Waals surface area contributed by atoms with E-state index in [-0.39, 0.29) is 12.0 Å². The fraction of sp³-hybridized carbons (Fsp3) is 0.333. The van der Waals surface area contributed by atoms with Crippen molar-refractivity contribution < 1.29 is 5.11 Å². The molecule has 1 aliphatic rings. The molecule has 2 unspecified atom stereocenters. The molecule has 0 spiro atoms. The second-order valence-electron chi connectivity index (χ2n) is 5.60. The Balaban J connectivity index is 1.78. The monoisotopic (exact) mass is 286 g/mol. The SMILES string of the molecule is OC(Cc1ccc(Cl)cc1)C1CCCc2ccccc21. The first kappa shape index (κ1) is 13.7. The van der Waals surface area contributed by atoms with Crippen LogP contribution in [0.5, 0.6) is 0 Å². The van der Waals surface area contributed by atoms with Gasteiger partial charge in [0.05, 0.1) is 6.10 Å². The van der Waals surface area contributed by atoms with Gasteiger partial charge in [-0.25, -0.2) is 0 Å². The first-order valence-corrected chi connectivity index (χ1v) is 7.62. The molecule has 1 nitrogen and oxygen atoms in total. The first-order valence-electron chi connectivity index (χ1n) is 7.24. The summed E-state index contributed by atoms with van der Waals surface area (Å²) in [5, 5.41) is 11.4. The van der Waals surface area contributed by atoms with E-state index in [2.05, 4.69) is 24.3 Å². The van der Waals surface area contributed by atoms with Gasteiger partial charge in [-0.2, -0.15) is 0 Å². The average Bonchev–Trinajstić information content (AvgIpc) is 2.49. The summed E-state index contributed by atoms with van der Waals surface area (Å²) in [6, 6.07) is 16.3. The minimum absolute atomic E-state index is 0.260. The van der Waals surface area contributed by atoms with Crippen molar-refractivity contribution >= 4 is 11.6 Å². The Morgan fingerprint density at radius 2 is 1.85 bits per heavy atom. The fourth-order valence-corrected chi connectivity index (χ4v) is 3.32. The standard InChI is InChI=1S/C18H19ClO/c19-15-10-8-13(9-11-15)12-18(20)17-7-3-5-14-4-1-2-6-16(14)17/h1-2,4,6,8-11,17-18,20H,3,5,7,12H2. The van der Waals surface area contributed by atoms with Gasteiger partial charge in [0, 0.05) is 10.9 Å². The average molecular weight is 287 g/mol. The van der Waals surface area contributed by atoms with Crippen LogP contribution in [-0.2, 0) is 12.8 Å². The smallest absolute Gasteiger partial charge is 0.0649 e. The number of fused-ring (bicyclic) bond motifs is 1. The highest BCUT2D eigenvalue weighted by atomic mass is 35.5. The molecule has 0 saturated heterocycles. The summed E-state index contributed by atoms with van der Waals surface area (Å²) >= 11 is 5.90. The van der Waals surface area contributed by atoms with Gasteiger partial charge in [-0.05, 0) is 54.5 Å². The van der Waals surface area contributed by atoms with Crippen molar-refractivity contribution in [2.45, 2.75) is 37.7 Å². The lowest BCUT2D eigenvalue weighted by Gasteiger charge is -2.29. The molecule has 2 aromatic carbocycles. The van der Waals surface area contributed by atoms with Gasteiger partial charge in [-0.15, -0.1) is 0 Å². The third-order valence-electron chi connectivity index (χ3n) is 4.24. The summed E-state index contributed by atoms with van der Waals surface area (Å²) in [6.45, 7) is 0. The molecule has 2 atom stereocenters. The highest BCUT2D eigenvalue weighted by molar-refractivity contribution is 6.30. The van der Waals surface area contributed by atoms with Gasteiger partial charge in [-0.3, -0.25) is 0 Å². The number of aliphatic hydroxyl groups is 1. The van der Waals surface area contributed by atoms with E-state index < -0.39 is 0 Å². The zero-order valence-electron chi connectivity index (χ0n) is 11.4. The third-order valence-corrected chi connectivity index (χ3v) is 4.49. The van der Waals surface area contributed by atoms with Crippen LogP contribution in [0.25, 0.3) is 0 Å². The number of hydrogen-bond donors (Lipinski definition) is 1. The van der Waals surface area contributed by atoms with Gasteiger partial charge in [0.2, 0.25) is 0 Å². The third kappa shape index (κ3) is 2.89. The van der Waals surface area contributed by atoms with E-state index >= 15 is 0 Å². The molecule has 104 valence electrons. The van der Waals surface area contributed by atoms with Crippen molar-refractivity contribution in [3.8, 4) is 0 Å². The van der Waals surface area contributed by atoms with E-state index in [0.717, 1.165) is 23.4 Å². The van der Waals surface area contributed by atoms with Gasteiger partial charge in [-0.1, -0.05) is 48.0 Å². The zero-order valence-corrected chi connectivity index (χ0v) is 12.2. The van der Waals surface area contributed by atoms with Gasteiger partial charge in [0.25, 0.3) is 0 Å². The van der Waals surface area contributed by atoms with E-state index in [0.29, 0.717) is 6.42 Å². The van der Waals surface area contributed by atoms with Crippen LogP contribution in [-0.4, -0.2) is 11.2 Å². The topological polar surface area (TPSA) is 20.2 Å². The molecule has 3 rings (SSSR count). The van der Waals surface area contributed by atoms with E-state index in [9.17, 15) is 5.11 Å². The number of benzene rings is 2. The van der Waals surface area contributed by atoms with Crippen molar-refractivity contribution in [2.75, 3.05) is 0 Å². The summed E-state index contributed by atoms with van der Waals surface area (Å²) in [5.74, 6) is 0.260. The molecular weight excluding hydrogens is 268 g/mol. The van der Waals surface area contributed by atoms with E-state index in [1.807, 2.05) is 24.3 Å². The number of halogens is 1. The maximum atomic E-state index is 10.6. The molecule has 1 N–H and O–H groups in total. The van der Waals surface area contributed by atoms with Crippen LogP contribution < -0.4 is 0 Å². The molecule has 0 aliphatic heterocycles. The van der Waals surface area contributed by atoms with Crippen LogP contribution in [0, 0.1) is 0 Å². The molecule has 0 aromatic heterocycles. The number of aryl methyl sites for hydroxylation is 1.